The Morgan fingerprint density at radius 2 is 2.11 bits per heavy atom. The van der Waals surface area contributed by atoms with Gasteiger partial charge in [-0.2, -0.15) is 15.0 Å². The van der Waals surface area contributed by atoms with Crippen molar-refractivity contribution >= 4 is 11.9 Å². The maximum Gasteiger partial charge on any atom is 0.241 e. The van der Waals surface area contributed by atoms with Gasteiger partial charge >= 0.3 is 0 Å². The number of imidazole rings is 1. The fourth-order valence-corrected chi connectivity index (χ4v) is 1.47. The third kappa shape index (κ3) is 3.18. The molecule has 0 aliphatic carbocycles. The molecular formula is C12H19N7. The summed E-state index contributed by atoms with van der Waals surface area (Å²) in [5.41, 5.74) is 0. The number of nitrogens with zero attached hydrogens (tertiary/aromatic N) is 6. The highest BCUT2D eigenvalue weighted by atomic mass is 15.3. The minimum atomic E-state index is 0.571. The van der Waals surface area contributed by atoms with Crippen LogP contribution in [0.1, 0.15) is 20.3 Å². The Morgan fingerprint density at radius 3 is 2.74 bits per heavy atom. The molecule has 0 unspecified atom stereocenters. The molecule has 0 aliphatic rings. The molecule has 7 nitrogen and oxygen atoms in total. The first kappa shape index (κ1) is 13.3. The second kappa shape index (κ2) is 6.12. The lowest BCUT2D eigenvalue weighted by atomic mass is 10.5. The Labute approximate surface area is 112 Å². The fraction of sp³-hybridized carbons (Fsp3) is 0.500. The highest BCUT2D eigenvalue weighted by Crippen LogP contribution is 2.12. The van der Waals surface area contributed by atoms with Gasteiger partial charge in [0.2, 0.25) is 17.8 Å². The molecule has 0 radical (unpaired) electrons. The Kier molecular flexibility index (Phi) is 4.27. The number of aromatic nitrogens is 5. The van der Waals surface area contributed by atoms with Crippen LogP contribution in [0.5, 0.6) is 0 Å². The quantitative estimate of drug-likeness (QED) is 0.846. The topological polar surface area (TPSA) is 71.8 Å². The predicted octanol–water partition coefficient (Wildman–Crippen LogP) is 1.34. The monoisotopic (exact) mass is 261 g/mol. The van der Waals surface area contributed by atoms with E-state index in [9.17, 15) is 0 Å². The first-order valence-electron chi connectivity index (χ1n) is 6.44. The largest absolute Gasteiger partial charge is 0.354 e. The normalized spacial score (nSPS) is 10.5. The Bertz CT molecular complexity index is 509. The van der Waals surface area contributed by atoms with Gasteiger partial charge < -0.3 is 10.2 Å². The van der Waals surface area contributed by atoms with Gasteiger partial charge in [-0.05, 0) is 13.3 Å². The minimum Gasteiger partial charge on any atom is -0.354 e. The van der Waals surface area contributed by atoms with E-state index in [-0.39, 0.29) is 0 Å². The molecule has 2 aromatic heterocycles. The van der Waals surface area contributed by atoms with Gasteiger partial charge in [-0.15, -0.1) is 0 Å². The molecule has 0 aromatic carbocycles. The maximum absolute atomic E-state index is 4.44. The van der Waals surface area contributed by atoms with Gasteiger partial charge in [0.25, 0.3) is 0 Å². The number of anilines is 2. The molecular weight excluding hydrogens is 242 g/mol. The fourth-order valence-electron chi connectivity index (χ4n) is 1.47. The van der Waals surface area contributed by atoms with Gasteiger partial charge in [0, 0.05) is 32.5 Å². The van der Waals surface area contributed by atoms with Gasteiger partial charge in [-0.25, -0.2) is 4.98 Å². The van der Waals surface area contributed by atoms with Crippen molar-refractivity contribution in [2.45, 2.75) is 20.3 Å². The summed E-state index contributed by atoms with van der Waals surface area (Å²) in [6, 6.07) is 0. The summed E-state index contributed by atoms with van der Waals surface area (Å²) in [5.74, 6) is 1.82. The zero-order valence-electron chi connectivity index (χ0n) is 11.5. The Hall–Kier alpha value is -2.18. The summed E-state index contributed by atoms with van der Waals surface area (Å²) in [4.78, 5) is 19.2. The van der Waals surface area contributed by atoms with Crippen molar-refractivity contribution < 1.29 is 0 Å². The average Bonchev–Trinajstić information content (AvgIpc) is 2.98. The maximum atomic E-state index is 4.44. The lowest BCUT2D eigenvalue weighted by Crippen LogP contribution is -2.21. The Morgan fingerprint density at radius 1 is 1.26 bits per heavy atom. The highest BCUT2D eigenvalue weighted by molar-refractivity contribution is 5.39. The van der Waals surface area contributed by atoms with Crippen molar-refractivity contribution in [2.24, 2.45) is 0 Å². The van der Waals surface area contributed by atoms with Crippen LogP contribution in [-0.2, 0) is 0 Å². The molecule has 0 amide bonds. The summed E-state index contributed by atoms with van der Waals surface area (Å²) < 4.78 is 1.77. The molecule has 102 valence electrons. The lowest BCUT2D eigenvalue weighted by molar-refractivity contribution is 0.834. The molecule has 0 aliphatic heterocycles. The van der Waals surface area contributed by atoms with Crippen LogP contribution in [0.3, 0.4) is 0 Å². The second-order valence-electron chi connectivity index (χ2n) is 4.17. The van der Waals surface area contributed by atoms with Gasteiger partial charge in [-0.1, -0.05) is 6.92 Å². The first-order valence-corrected chi connectivity index (χ1v) is 6.44. The summed E-state index contributed by atoms with van der Waals surface area (Å²) in [6.45, 7) is 5.83. The van der Waals surface area contributed by atoms with Gasteiger partial charge in [0.05, 0.1) is 0 Å². The van der Waals surface area contributed by atoms with E-state index in [2.05, 4.69) is 39.1 Å². The third-order valence-corrected chi connectivity index (χ3v) is 2.70. The summed E-state index contributed by atoms with van der Waals surface area (Å²) in [5, 5.41) is 3.19. The first-order chi connectivity index (χ1) is 9.24. The third-order valence-electron chi connectivity index (χ3n) is 2.70. The van der Waals surface area contributed by atoms with Crippen molar-refractivity contribution in [2.75, 3.05) is 30.4 Å². The van der Waals surface area contributed by atoms with E-state index in [1.54, 1.807) is 17.1 Å². The van der Waals surface area contributed by atoms with Crippen LogP contribution in [0, 0.1) is 0 Å². The van der Waals surface area contributed by atoms with Gasteiger partial charge in [0.15, 0.2) is 0 Å². The molecule has 0 fully saturated rings. The van der Waals surface area contributed by atoms with Gasteiger partial charge in [-0.3, -0.25) is 4.57 Å². The lowest BCUT2D eigenvalue weighted by Gasteiger charge is -2.16. The van der Waals surface area contributed by atoms with Crippen molar-refractivity contribution in [1.29, 1.82) is 0 Å². The average molecular weight is 261 g/mol. The molecule has 2 aromatic rings. The summed E-state index contributed by atoms with van der Waals surface area (Å²) >= 11 is 0. The van der Waals surface area contributed by atoms with Gasteiger partial charge in [0.1, 0.15) is 6.33 Å². The second-order valence-corrected chi connectivity index (χ2v) is 4.17. The summed E-state index contributed by atoms with van der Waals surface area (Å²) in [7, 11) is 1.95. The number of nitrogens with one attached hydrogen (secondary N) is 1. The smallest absolute Gasteiger partial charge is 0.241 e. The van der Waals surface area contributed by atoms with Crippen LogP contribution in [0.15, 0.2) is 18.7 Å². The van der Waals surface area contributed by atoms with E-state index >= 15 is 0 Å². The zero-order chi connectivity index (χ0) is 13.7. The zero-order valence-corrected chi connectivity index (χ0v) is 11.5. The van der Waals surface area contributed by atoms with Crippen LogP contribution in [0.4, 0.5) is 11.9 Å². The molecule has 0 saturated carbocycles. The molecule has 1 N–H and O–H groups in total. The van der Waals surface area contributed by atoms with E-state index in [0.717, 1.165) is 19.5 Å². The van der Waals surface area contributed by atoms with E-state index in [1.807, 2.05) is 18.1 Å². The molecule has 2 heterocycles. The minimum absolute atomic E-state index is 0.571. The number of hydrogen-bond donors (Lipinski definition) is 1. The van der Waals surface area contributed by atoms with Crippen LogP contribution >= 0.6 is 0 Å². The van der Waals surface area contributed by atoms with Crippen molar-refractivity contribution in [3.63, 3.8) is 0 Å². The van der Waals surface area contributed by atoms with Crippen LogP contribution < -0.4 is 10.2 Å². The number of hydrogen-bond acceptors (Lipinski definition) is 6. The molecule has 2 rings (SSSR count). The Balaban J connectivity index is 2.36. The SMILES string of the molecule is CCCNc1nc(N(C)CC)nc(-n2ccnc2)n1. The van der Waals surface area contributed by atoms with Crippen LogP contribution in [0.2, 0.25) is 0 Å². The highest BCUT2D eigenvalue weighted by Gasteiger charge is 2.10. The predicted molar refractivity (Wildman–Crippen MR) is 74.7 cm³/mol. The van der Waals surface area contributed by atoms with E-state index in [0.29, 0.717) is 17.8 Å². The van der Waals surface area contributed by atoms with E-state index < -0.39 is 0 Å². The van der Waals surface area contributed by atoms with Crippen molar-refractivity contribution in [3.05, 3.63) is 18.7 Å². The molecule has 19 heavy (non-hydrogen) atoms. The molecule has 0 atom stereocenters. The van der Waals surface area contributed by atoms with Crippen molar-refractivity contribution in [1.82, 2.24) is 24.5 Å². The molecule has 7 heteroatoms. The molecule has 0 saturated heterocycles. The van der Waals surface area contributed by atoms with E-state index in [1.165, 1.54) is 0 Å². The van der Waals surface area contributed by atoms with Crippen LogP contribution in [-0.4, -0.2) is 44.6 Å². The van der Waals surface area contributed by atoms with Crippen molar-refractivity contribution in [3.8, 4) is 5.95 Å². The molecule has 0 spiro atoms. The van der Waals surface area contributed by atoms with Crippen LogP contribution in [0.25, 0.3) is 5.95 Å². The summed E-state index contributed by atoms with van der Waals surface area (Å²) in [6.07, 6.45) is 6.21. The number of rotatable bonds is 6. The van der Waals surface area contributed by atoms with E-state index in [4.69, 9.17) is 0 Å². The molecule has 0 bridgehead atoms. The standard InChI is InChI=1S/C12H19N7/c1-4-6-14-10-15-11(18(3)5-2)17-12(16-10)19-8-7-13-9-19/h7-9H,4-6H2,1-3H3,(H,14,15,16,17).